The molecule has 0 fully saturated rings. The smallest absolute Gasteiger partial charge is 0.0730 e. The van der Waals surface area contributed by atoms with Crippen molar-refractivity contribution in [3.8, 4) is 35.5 Å². The molecule has 0 spiro atoms. The topological polar surface area (TPSA) is 40.5 Å². The first kappa shape index (κ1) is 14.3. The standard InChI is InChI=1S/C14H16O2/c1-2-3-4-5-6-7-8-11-14(16)12-9-10-13-15/h8,11,14-16H,9-10,12-13H2,1H3/b11-8+/t14-/m0/s1. The molecular weight excluding hydrogens is 200 g/mol. The zero-order chi connectivity index (χ0) is 12.1. The van der Waals surface area contributed by atoms with Crippen LogP contribution in [0.2, 0.25) is 0 Å². The highest BCUT2D eigenvalue weighted by Gasteiger charge is 1.96. The third kappa shape index (κ3) is 10.4. The van der Waals surface area contributed by atoms with Gasteiger partial charge in [-0.1, -0.05) is 11.8 Å². The summed E-state index contributed by atoms with van der Waals surface area (Å²) in [6.45, 7) is 1.88. The lowest BCUT2D eigenvalue weighted by Gasteiger charge is -2.02. The van der Waals surface area contributed by atoms with Gasteiger partial charge >= 0.3 is 0 Å². The molecule has 0 aliphatic rings. The van der Waals surface area contributed by atoms with Gasteiger partial charge in [-0.3, -0.25) is 0 Å². The molecule has 0 radical (unpaired) electrons. The molecule has 2 nitrogen and oxygen atoms in total. The van der Waals surface area contributed by atoms with Crippen LogP contribution in [0.1, 0.15) is 26.2 Å². The Bertz CT molecular complexity index is 374. The predicted octanol–water partition coefficient (Wildman–Crippen LogP) is 1.10. The largest absolute Gasteiger partial charge is 0.396 e. The van der Waals surface area contributed by atoms with Crippen LogP contribution < -0.4 is 0 Å². The number of unbranched alkanes of at least 4 members (excludes halogenated alkanes) is 1. The normalized spacial score (nSPS) is 10.4. The molecule has 2 N–H and O–H groups in total. The molecule has 0 rings (SSSR count). The van der Waals surface area contributed by atoms with E-state index in [1.165, 1.54) is 0 Å². The second kappa shape index (κ2) is 11.4. The molecule has 0 aromatic carbocycles. The average molecular weight is 216 g/mol. The summed E-state index contributed by atoms with van der Waals surface area (Å²) < 4.78 is 0. The Labute approximate surface area is 97.4 Å². The van der Waals surface area contributed by atoms with Crippen LogP contribution >= 0.6 is 0 Å². The monoisotopic (exact) mass is 216 g/mol. The van der Waals surface area contributed by atoms with E-state index in [0.717, 1.165) is 12.8 Å². The van der Waals surface area contributed by atoms with Crippen molar-refractivity contribution < 1.29 is 10.2 Å². The first-order valence-corrected chi connectivity index (χ1v) is 5.19. The molecule has 84 valence electrons. The zero-order valence-electron chi connectivity index (χ0n) is 9.45. The van der Waals surface area contributed by atoms with Crippen LogP contribution in [0.25, 0.3) is 0 Å². The summed E-state index contributed by atoms with van der Waals surface area (Å²) >= 11 is 0. The second-order valence-electron chi connectivity index (χ2n) is 3.04. The van der Waals surface area contributed by atoms with E-state index in [1.807, 2.05) is 0 Å². The van der Waals surface area contributed by atoms with Gasteiger partial charge in [-0.25, -0.2) is 0 Å². The van der Waals surface area contributed by atoms with Crippen LogP contribution in [0.5, 0.6) is 0 Å². The maximum Gasteiger partial charge on any atom is 0.0730 e. The van der Waals surface area contributed by atoms with Gasteiger partial charge in [0.1, 0.15) is 0 Å². The van der Waals surface area contributed by atoms with Crippen molar-refractivity contribution in [2.24, 2.45) is 0 Å². The van der Waals surface area contributed by atoms with E-state index >= 15 is 0 Å². The number of hydrogen-bond acceptors (Lipinski definition) is 2. The second-order valence-corrected chi connectivity index (χ2v) is 3.04. The molecule has 0 amide bonds. The van der Waals surface area contributed by atoms with Gasteiger partial charge in [-0.05, 0) is 62.0 Å². The third-order valence-corrected chi connectivity index (χ3v) is 1.69. The summed E-state index contributed by atoms with van der Waals surface area (Å²) in [7, 11) is 0. The van der Waals surface area contributed by atoms with Crippen LogP contribution in [0.15, 0.2) is 12.2 Å². The van der Waals surface area contributed by atoms with E-state index in [1.54, 1.807) is 19.1 Å². The van der Waals surface area contributed by atoms with Gasteiger partial charge in [0.05, 0.1) is 6.10 Å². The Morgan fingerprint density at radius 2 is 1.88 bits per heavy atom. The molecule has 1 atom stereocenters. The average Bonchev–Trinajstić information content (AvgIpc) is 2.28. The van der Waals surface area contributed by atoms with Gasteiger partial charge in [-0.2, -0.15) is 0 Å². The number of rotatable bonds is 5. The van der Waals surface area contributed by atoms with Gasteiger partial charge in [-0.15, -0.1) is 0 Å². The van der Waals surface area contributed by atoms with Gasteiger partial charge < -0.3 is 10.2 Å². The molecule has 0 aromatic heterocycles. The lowest BCUT2D eigenvalue weighted by molar-refractivity contribution is 0.201. The minimum absolute atomic E-state index is 0.171. The van der Waals surface area contributed by atoms with E-state index in [-0.39, 0.29) is 6.61 Å². The Balaban J connectivity index is 3.81. The SMILES string of the molecule is CC#CC#CC#C/C=C/[C@H](O)CCCCO. The molecule has 0 bridgehead atoms. The van der Waals surface area contributed by atoms with E-state index in [0.29, 0.717) is 6.42 Å². The quantitative estimate of drug-likeness (QED) is 0.533. The van der Waals surface area contributed by atoms with Crippen LogP contribution in [0.3, 0.4) is 0 Å². The van der Waals surface area contributed by atoms with Crippen molar-refractivity contribution in [3.05, 3.63) is 12.2 Å². The predicted molar refractivity (Wildman–Crippen MR) is 65.1 cm³/mol. The summed E-state index contributed by atoms with van der Waals surface area (Å²) in [6, 6.07) is 0. The van der Waals surface area contributed by atoms with Crippen LogP contribution in [-0.4, -0.2) is 22.9 Å². The summed E-state index contributed by atoms with van der Waals surface area (Å²) in [5, 5.41) is 18.0. The van der Waals surface area contributed by atoms with Crippen molar-refractivity contribution in [1.29, 1.82) is 0 Å². The molecular formula is C14H16O2. The minimum atomic E-state index is -0.496. The molecule has 0 heterocycles. The number of aliphatic hydroxyl groups excluding tert-OH is 2. The highest BCUT2D eigenvalue weighted by Crippen LogP contribution is 2.00. The van der Waals surface area contributed by atoms with E-state index in [9.17, 15) is 5.11 Å². The zero-order valence-corrected chi connectivity index (χ0v) is 9.45. The summed E-state index contributed by atoms with van der Waals surface area (Å²) in [5.41, 5.74) is 0. The van der Waals surface area contributed by atoms with Crippen LogP contribution in [0, 0.1) is 35.5 Å². The van der Waals surface area contributed by atoms with Crippen molar-refractivity contribution in [3.63, 3.8) is 0 Å². The van der Waals surface area contributed by atoms with Crippen molar-refractivity contribution in [2.45, 2.75) is 32.3 Å². The molecule has 0 aromatic rings. The van der Waals surface area contributed by atoms with E-state index in [4.69, 9.17) is 5.11 Å². The number of aliphatic hydroxyl groups is 2. The summed E-state index contributed by atoms with van der Waals surface area (Å²) in [6.07, 6.45) is 4.88. The highest BCUT2D eigenvalue weighted by molar-refractivity contribution is 5.37. The van der Waals surface area contributed by atoms with Gasteiger partial charge in [0.15, 0.2) is 0 Å². The van der Waals surface area contributed by atoms with Crippen LogP contribution in [-0.2, 0) is 0 Å². The molecule has 0 aliphatic heterocycles. The number of allylic oxidation sites excluding steroid dienone is 1. The molecule has 2 heteroatoms. The highest BCUT2D eigenvalue weighted by atomic mass is 16.3. The molecule has 0 saturated heterocycles. The third-order valence-electron chi connectivity index (χ3n) is 1.69. The first-order valence-electron chi connectivity index (χ1n) is 5.19. The maximum atomic E-state index is 9.42. The van der Waals surface area contributed by atoms with Crippen LogP contribution in [0.4, 0.5) is 0 Å². The Kier molecular flexibility index (Phi) is 10.2. The fraction of sp³-hybridized carbons (Fsp3) is 0.429. The van der Waals surface area contributed by atoms with E-state index < -0.39 is 6.10 Å². The minimum Gasteiger partial charge on any atom is -0.396 e. The van der Waals surface area contributed by atoms with E-state index in [2.05, 4.69) is 35.5 Å². The molecule has 0 unspecified atom stereocenters. The number of hydrogen-bond donors (Lipinski definition) is 2. The molecule has 16 heavy (non-hydrogen) atoms. The van der Waals surface area contributed by atoms with Crippen molar-refractivity contribution >= 4 is 0 Å². The Morgan fingerprint density at radius 3 is 2.56 bits per heavy atom. The Morgan fingerprint density at radius 1 is 1.12 bits per heavy atom. The Hall–Kier alpha value is -1.66. The van der Waals surface area contributed by atoms with Crippen molar-refractivity contribution in [1.82, 2.24) is 0 Å². The maximum absolute atomic E-state index is 9.42. The fourth-order valence-electron chi connectivity index (χ4n) is 0.923. The molecule has 0 aliphatic carbocycles. The lowest BCUT2D eigenvalue weighted by Crippen LogP contribution is -2.01. The molecule has 0 saturated carbocycles. The first-order chi connectivity index (χ1) is 7.81. The fourth-order valence-corrected chi connectivity index (χ4v) is 0.923. The van der Waals surface area contributed by atoms with Gasteiger partial charge in [0, 0.05) is 6.61 Å². The van der Waals surface area contributed by atoms with Gasteiger partial charge in [0.2, 0.25) is 0 Å². The lowest BCUT2D eigenvalue weighted by atomic mass is 10.1. The van der Waals surface area contributed by atoms with Crippen molar-refractivity contribution in [2.75, 3.05) is 6.61 Å². The summed E-state index contributed by atoms with van der Waals surface area (Å²) in [4.78, 5) is 0. The van der Waals surface area contributed by atoms with Gasteiger partial charge in [0.25, 0.3) is 0 Å². The summed E-state index contributed by atoms with van der Waals surface area (Å²) in [5.74, 6) is 15.6.